The molecule has 5 nitrogen and oxygen atoms in total. The fourth-order valence-corrected chi connectivity index (χ4v) is 2.54. The normalized spacial score (nSPS) is 11.3. The van der Waals surface area contributed by atoms with Gasteiger partial charge in [-0.05, 0) is 23.6 Å². The standard InChI is InChI=1S/C17H19N3O2/c1-11(2)12-6-5-7-13(10-12)22-14-8-9-18-16-15(14)19(3)17(21)20(16)4/h5-11H,1-4H3. The number of ether oxygens (including phenoxy) is 1. The van der Waals surface area contributed by atoms with Crippen molar-refractivity contribution in [3.63, 3.8) is 0 Å². The van der Waals surface area contributed by atoms with Gasteiger partial charge in [-0.2, -0.15) is 0 Å². The van der Waals surface area contributed by atoms with E-state index in [-0.39, 0.29) is 5.69 Å². The SMILES string of the molecule is CC(C)c1cccc(Oc2ccnc3c2n(C)c(=O)n3C)c1. The van der Waals surface area contributed by atoms with Gasteiger partial charge in [-0.15, -0.1) is 0 Å². The Morgan fingerprint density at radius 1 is 1.14 bits per heavy atom. The van der Waals surface area contributed by atoms with Gasteiger partial charge in [0.05, 0.1) is 0 Å². The minimum Gasteiger partial charge on any atom is -0.455 e. The predicted molar refractivity (Wildman–Crippen MR) is 86.6 cm³/mol. The van der Waals surface area contributed by atoms with Crippen molar-refractivity contribution in [2.45, 2.75) is 19.8 Å². The van der Waals surface area contributed by atoms with Crippen molar-refractivity contribution < 1.29 is 4.74 Å². The Bertz CT molecular complexity index is 891. The van der Waals surface area contributed by atoms with Gasteiger partial charge in [0, 0.05) is 26.4 Å². The average molecular weight is 297 g/mol. The predicted octanol–water partition coefficient (Wildman–Crippen LogP) is 3.19. The van der Waals surface area contributed by atoms with Crippen LogP contribution in [0.4, 0.5) is 0 Å². The van der Waals surface area contributed by atoms with Crippen LogP contribution in [0.5, 0.6) is 11.5 Å². The summed E-state index contributed by atoms with van der Waals surface area (Å²) in [6.45, 7) is 4.29. The molecule has 2 heterocycles. The summed E-state index contributed by atoms with van der Waals surface area (Å²) in [4.78, 5) is 16.3. The molecule has 3 aromatic rings. The number of hydrogen-bond acceptors (Lipinski definition) is 3. The van der Waals surface area contributed by atoms with Crippen LogP contribution in [0.2, 0.25) is 0 Å². The first kappa shape index (κ1) is 14.4. The van der Waals surface area contributed by atoms with Crippen molar-refractivity contribution in [2.24, 2.45) is 14.1 Å². The van der Waals surface area contributed by atoms with E-state index in [0.717, 1.165) is 5.75 Å². The highest BCUT2D eigenvalue weighted by molar-refractivity contribution is 5.79. The largest absolute Gasteiger partial charge is 0.455 e. The Kier molecular flexibility index (Phi) is 3.48. The van der Waals surface area contributed by atoms with Gasteiger partial charge >= 0.3 is 5.69 Å². The Hall–Kier alpha value is -2.56. The third-order valence-corrected chi connectivity index (χ3v) is 3.85. The first-order valence-corrected chi connectivity index (χ1v) is 7.27. The Morgan fingerprint density at radius 2 is 1.91 bits per heavy atom. The summed E-state index contributed by atoms with van der Waals surface area (Å²) >= 11 is 0. The molecule has 0 saturated heterocycles. The monoisotopic (exact) mass is 297 g/mol. The molecule has 0 atom stereocenters. The molecule has 0 spiro atoms. The number of nitrogens with zero attached hydrogens (tertiary/aromatic N) is 3. The van der Waals surface area contributed by atoms with E-state index in [1.165, 1.54) is 10.1 Å². The van der Waals surface area contributed by atoms with Gasteiger partial charge in [-0.25, -0.2) is 9.78 Å². The molecule has 0 amide bonds. The van der Waals surface area contributed by atoms with Crippen molar-refractivity contribution in [2.75, 3.05) is 0 Å². The lowest BCUT2D eigenvalue weighted by Crippen LogP contribution is -2.19. The molecule has 0 bridgehead atoms. The van der Waals surface area contributed by atoms with E-state index in [1.54, 1.807) is 30.9 Å². The van der Waals surface area contributed by atoms with Crippen molar-refractivity contribution >= 4 is 11.2 Å². The molecule has 114 valence electrons. The minimum absolute atomic E-state index is 0.116. The number of benzene rings is 1. The fourth-order valence-electron chi connectivity index (χ4n) is 2.54. The van der Waals surface area contributed by atoms with Crippen LogP contribution in [-0.2, 0) is 14.1 Å². The highest BCUT2D eigenvalue weighted by atomic mass is 16.5. The van der Waals surface area contributed by atoms with Gasteiger partial charge in [-0.3, -0.25) is 9.13 Å². The maximum absolute atomic E-state index is 12.1. The molecule has 22 heavy (non-hydrogen) atoms. The van der Waals surface area contributed by atoms with Crippen molar-refractivity contribution in [1.82, 2.24) is 14.1 Å². The zero-order chi connectivity index (χ0) is 15.9. The molecule has 0 fully saturated rings. The third kappa shape index (κ3) is 2.28. The van der Waals surface area contributed by atoms with Gasteiger partial charge in [0.1, 0.15) is 11.3 Å². The summed E-state index contributed by atoms with van der Waals surface area (Å²) in [5, 5.41) is 0. The molecular formula is C17H19N3O2. The number of fused-ring (bicyclic) bond motifs is 1. The number of pyridine rings is 1. The van der Waals surface area contributed by atoms with Crippen LogP contribution >= 0.6 is 0 Å². The molecule has 0 N–H and O–H groups in total. The summed E-state index contributed by atoms with van der Waals surface area (Å²) in [6.07, 6.45) is 1.66. The van der Waals surface area contributed by atoms with Crippen molar-refractivity contribution in [3.05, 3.63) is 52.6 Å². The molecular weight excluding hydrogens is 278 g/mol. The summed E-state index contributed by atoms with van der Waals surface area (Å²) in [5.41, 5.74) is 2.41. The summed E-state index contributed by atoms with van der Waals surface area (Å²) in [6, 6.07) is 9.78. The first-order chi connectivity index (χ1) is 10.5. The van der Waals surface area contributed by atoms with Crippen LogP contribution in [0, 0.1) is 0 Å². The van der Waals surface area contributed by atoms with E-state index in [2.05, 4.69) is 24.9 Å². The molecule has 0 aliphatic rings. The molecule has 0 aliphatic carbocycles. The van der Waals surface area contributed by atoms with E-state index in [0.29, 0.717) is 22.8 Å². The van der Waals surface area contributed by atoms with Gasteiger partial charge in [0.15, 0.2) is 11.4 Å². The second kappa shape index (κ2) is 5.33. The lowest BCUT2D eigenvalue weighted by Gasteiger charge is -2.10. The van der Waals surface area contributed by atoms with Crippen LogP contribution in [0.1, 0.15) is 25.3 Å². The number of imidazole rings is 1. The summed E-state index contributed by atoms with van der Waals surface area (Å²) in [5.74, 6) is 1.82. The van der Waals surface area contributed by atoms with E-state index in [1.807, 2.05) is 18.2 Å². The van der Waals surface area contributed by atoms with Crippen LogP contribution in [0.3, 0.4) is 0 Å². The van der Waals surface area contributed by atoms with Crippen LogP contribution in [-0.4, -0.2) is 14.1 Å². The minimum atomic E-state index is -0.116. The zero-order valence-electron chi connectivity index (χ0n) is 13.2. The molecule has 5 heteroatoms. The molecule has 2 aromatic heterocycles. The maximum atomic E-state index is 12.1. The highest BCUT2D eigenvalue weighted by Crippen LogP contribution is 2.29. The third-order valence-electron chi connectivity index (χ3n) is 3.85. The summed E-state index contributed by atoms with van der Waals surface area (Å²) < 4.78 is 9.10. The second-order valence-electron chi connectivity index (χ2n) is 5.71. The van der Waals surface area contributed by atoms with E-state index < -0.39 is 0 Å². The van der Waals surface area contributed by atoms with Crippen LogP contribution < -0.4 is 10.4 Å². The first-order valence-electron chi connectivity index (χ1n) is 7.27. The van der Waals surface area contributed by atoms with Gasteiger partial charge in [-0.1, -0.05) is 26.0 Å². The molecule has 3 rings (SSSR count). The average Bonchev–Trinajstić information content (AvgIpc) is 2.73. The molecule has 0 aliphatic heterocycles. The van der Waals surface area contributed by atoms with Gasteiger partial charge in [0.25, 0.3) is 0 Å². The van der Waals surface area contributed by atoms with Crippen molar-refractivity contribution in [3.8, 4) is 11.5 Å². The number of hydrogen-bond donors (Lipinski definition) is 0. The summed E-state index contributed by atoms with van der Waals surface area (Å²) in [7, 11) is 3.44. The Morgan fingerprint density at radius 3 is 2.64 bits per heavy atom. The Balaban J connectivity index is 2.10. The lowest BCUT2D eigenvalue weighted by molar-refractivity contribution is 0.484. The van der Waals surface area contributed by atoms with Gasteiger partial charge in [0.2, 0.25) is 0 Å². The molecule has 1 aromatic carbocycles. The molecule has 0 saturated carbocycles. The van der Waals surface area contributed by atoms with E-state index >= 15 is 0 Å². The number of aryl methyl sites for hydroxylation is 2. The molecule has 0 unspecified atom stereocenters. The Labute approximate surface area is 128 Å². The topological polar surface area (TPSA) is 49.1 Å². The zero-order valence-corrected chi connectivity index (χ0v) is 13.2. The van der Waals surface area contributed by atoms with Crippen LogP contribution in [0.25, 0.3) is 11.2 Å². The van der Waals surface area contributed by atoms with Crippen molar-refractivity contribution in [1.29, 1.82) is 0 Å². The maximum Gasteiger partial charge on any atom is 0.329 e. The lowest BCUT2D eigenvalue weighted by atomic mass is 10.0. The smallest absolute Gasteiger partial charge is 0.329 e. The van der Waals surface area contributed by atoms with Crippen LogP contribution in [0.15, 0.2) is 41.3 Å². The fraction of sp³-hybridized carbons (Fsp3) is 0.294. The van der Waals surface area contributed by atoms with E-state index in [4.69, 9.17) is 4.74 Å². The number of rotatable bonds is 3. The second-order valence-corrected chi connectivity index (χ2v) is 5.71. The van der Waals surface area contributed by atoms with Gasteiger partial charge < -0.3 is 4.74 Å². The number of aromatic nitrogens is 3. The van der Waals surface area contributed by atoms with E-state index in [9.17, 15) is 4.79 Å². The quantitative estimate of drug-likeness (QED) is 0.746. The molecule has 0 radical (unpaired) electrons. The highest BCUT2D eigenvalue weighted by Gasteiger charge is 2.14.